The van der Waals surface area contributed by atoms with Crippen LogP contribution in [-0.4, -0.2) is 49.2 Å². The molecule has 4 rings (SSSR count). The molecular weight excluding hydrogens is 420 g/mol. The molecule has 170 valence electrons. The zero-order valence-corrected chi connectivity index (χ0v) is 18.7. The van der Waals surface area contributed by atoms with Crippen LogP contribution in [0.5, 0.6) is 0 Å². The van der Waals surface area contributed by atoms with Crippen molar-refractivity contribution in [1.29, 1.82) is 5.26 Å². The molecule has 1 aliphatic rings. The van der Waals surface area contributed by atoms with Crippen LogP contribution in [0.25, 0.3) is 0 Å². The van der Waals surface area contributed by atoms with Crippen molar-refractivity contribution in [3.63, 3.8) is 0 Å². The van der Waals surface area contributed by atoms with Gasteiger partial charge in [-0.2, -0.15) is 10.4 Å². The number of nitrogens with one attached hydrogen (secondary N) is 2. The van der Waals surface area contributed by atoms with Gasteiger partial charge in [0.15, 0.2) is 0 Å². The van der Waals surface area contributed by atoms with Crippen molar-refractivity contribution in [3.8, 4) is 6.07 Å². The summed E-state index contributed by atoms with van der Waals surface area (Å²) in [4.78, 5) is 27.9. The van der Waals surface area contributed by atoms with Crippen molar-refractivity contribution in [3.05, 3.63) is 59.1 Å². The van der Waals surface area contributed by atoms with Crippen molar-refractivity contribution in [2.24, 2.45) is 0 Å². The minimum absolute atomic E-state index is 0.0880. The molecule has 0 aromatic carbocycles. The number of nitrogens with zero attached hydrogens (tertiary/aromatic N) is 6. The predicted molar refractivity (Wildman–Crippen MR) is 121 cm³/mol. The number of carbonyl (C=O) groups is 1. The SMILES string of the molecule is CCOC(=O)c1[nH]ncc1CN1CCCCC1c1cc(Nc2ccc(C#N)nc2)nc(C)n1. The lowest BCUT2D eigenvalue weighted by Gasteiger charge is -2.35. The standard InChI is InChI=1S/C23H26N8O2/c1-3-33-23(32)22-16(12-26-30-22)14-31-9-5-4-6-20(31)19-10-21(28-15(2)27-19)29-18-8-7-17(11-24)25-13-18/h7-8,10,12-13,20H,3-6,9,14H2,1-2H3,(H,26,30)(H,27,28,29). The summed E-state index contributed by atoms with van der Waals surface area (Å²) in [6.45, 7) is 5.43. The first kappa shape index (κ1) is 22.4. The summed E-state index contributed by atoms with van der Waals surface area (Å²) in [5.41, 5.74) is 3.24. The zero-order valence-electron chi connectivity index (χ0n) is 18.7. The van der Waals surface area contributed by atoms with Crippen LogP contribution in [0.1, 0.15) is 65.5 Å². The Morgan fingerprint density at radius 3 is 2.97 bits per heavy atom. The third-order valence-electron chi connectivity index (χ3n) is 5.53. The van der Waals surface area contributed by atoms with E-state index < -0.39 is 0 Å². The van der Waals surface area contributed by atoms with Gasteiger partial charge in [-0.15, -0.1) is 0 Å². The van der Waals surface area contributed by atoms with E-state index in [-0.39, 0.29) is 12.0 Å². The van der Waals surface area contributed by atoms with E-state index in [4.69, 9.17) is 15.0 Å². The van der Waals surface area contributed by atoms with Gasteiger partial charge < -0.3 is 10.1 Å². The largest absolute Gasteiger partial charge is 0.461 e. The molecule has 0 amide bonds. The zero-order chi connectivity index (χ0) is 23.2. The molecule has 3 aromatic rings. The van der Waals surface area contributed by atoms with Crippen LogP contribution >= 0.6 is 0 Å². The fraction of sp³-hybridized carbons (Fsp3) is 0.391. The number of likely N-dealkylation sites (tertiary alicyclic amines) is 1. The topological polar surface area (TPSA) is 133 Å². The van der Waals surface area contributed by atoms with E-state index in [2.05, 4.69) is 30.4 Å². The summed E-state index contributed by atoms with van der Waals surface area (Å²) in [7, 11) is 0. The van der Waals surface area contributed by atoms with Crippen molar-refractivity contribution in [1.82, 2.24) is 30.0 Å². The first-order valence-corrected chi connectivity index (χ1v) is 11.0. The van der Waals surface area contributed by atoms with E-state index >= 15 is 0 Å². The molecular formula is C23H26N8O2. The lowest BCUT2D eigenvalue weighted by molar-refractivity contribution is 0.0515. The second kappa shape index (κ2) is 10.2. The number of rotatable bonds is 7. The highest BCUT2D eigenvalue weighted by molar-refractivity contribution is 5.88. The first-order chi connectivity index (χ1) is 16.1. The van der Waals surface area contributed by atoms with Gasteiger partial charge in [0, 0.05) is 18.2 Å². The number of piperidine rings is 1. The maximum atomic E-state index is 12.3. The Kier molecular flexibility index (Phi) is 6.90. The molecule has 3 aromatic heterocycles. The van der Waals surface area contributed by atoms with Gasteiger partial charge in [0.2, 0.25) is 0 Å². The van der Waals surface area contributed by atoms with Crippen molar-refractivity contribution >= 4 is 17.5 Å². The maximum absolute atomic E-state index is 12.3. The number of carbonyl (C=O) groups excluding carboxylic acids is 1. The Hall–Kier alpha value is -3.84. The van der Waals surface area contributed by atoms with Gasteiger partial charge in [0.25, 0.3) is 0 Å². The highest BCUT2D eigenvalue weighted by Crippen LogP contribution is 2.32. The Labute approximate surface area is 192 Å². The quantitative estimate of drug-likeness (QED) is 0.524. The second-order valence-corrected chi connectivity index (χ2v) is 7.87. The molecule has 33 heavy (non-hydrogen) atoms. The molecule has 1 fully saturated rings. The Balaban J connectivity index is 1.56. The fourth-order valence-corrected chi connectivity index (χ4v) is 4.05. The normalized spacial score (nSPS) is 16.2. The predicted octanol–water partition coefficient (Wildman–Crippen LogP) is 3.42. The molecule has 1 unspecified atom stereocenters. The number of hydrogen-bond acceptors (Lipinski definition) is 9. The second-order valence-electron chi connectivity index (χ2n) is 7.87. The minimum Gasteiger partial charge on any atom is -0.461 e. The number of aryl methyl sites for hydroxylation is 1. The summed E-state index contributed by atoms with van der Waals surface area (Å²) in [5, 5.41) is 19.0. The van der Waals surface area contributed by atoms with Crippen LogP contribution in [0.3, 0.4) is 0 Å². The minimum atomic E-state index is -0.390. The smallest absolute Gasteiger partial charge is 0.356 e. The summed E-state index contributed by atoms with van der Waals surface area (Å²) in [5.74, 6) is 0.946. The van der Waals surface area contributed by atoms with Crippen LogP contribution < -0.4 is 5.32 Å². The number of aromatic nitrogens is 5. The van der Waals surface area contributed by atoms with Gasteiger partial charge in [-0.25, -0.2) is 19.7 Å². The molecule has 1 aliphatic heterocycles. The van der Waals surface area contributed by atoms with Crippen LogP contribution in [0.4, 0.5) is 11.5 Å². The summed E-state index contributed by atoms with van der Waals surface area (Å²) >= 11 is 0. The molecule has 10 nitrogen and oxygen atoms in total. The highest BCUT2D eigenvalue weighted by Gasteiger charge is 2.28. The number of nitriles is 1. The molecule has 0 saturated carbocycles. The summed E-state index contributed by atoms with van der Waals surface area (Å²) in [6, 6.07) is 7.51. The monoisotopic (exact) mass is 446 g/mol. The molecule has 1 atom stereocenters. The third-order valence-corrected chi connectivity index (χ3v) is 5.53. The molecule has 10 heteroatoms. The van der Waals surface area contributed by atoms with Crippen LogP contribution in [0.2, 0.25) is 0 Å². The molecule has 1 saturated heterocycles. The van der Waals surface area contributed by atoms with Gasteiger partial charge in [0.1, 0.15) is 29.1 Å². The molecule has 4 heterocycles. The first-order valence-electron chi connectivity index (χ1n) is 11.0. The average Bonchev–Trinajstić information content (AvgIpc) is 3.28. The summed E-state index contributed by atoms with van der Waals surface area (Å²) in [6.07, 6.45) is 6.44. The van der Waals surface area contributed by atoms with E-state index in [0.29, 0.717) is 36.2 Å². The average molecular weight is 447 g/mol. The highest BCUT2D eigenvalue weighted by atomic mass is 16.5. The fourth-order valence-electron chi connectivity index (χ4n) is 4.05. The summed E-state index contributed by atoms with van der Waals surface area (Å²) < 4.78 is 5.15. The van der Waals surface area contributed by atoms with E-state index in [9.17, 15) is 4.79 Å². The molecule has 2 N–H and O–H groups in total. The van der Waals surface area contributed by atoms with Gasteiger partial charge in [-0.1, -0.05) is 6.42 Å². The van der Waals surface area contributed by atoms with E-state index in [1.807, 2.05) is 19.1 Å². The van der Waals surface area contributed by atoms with Gasteiger partial charge >= 0.3 is 5.97 Å². The molecule has 0 bridgehead atoms. The Morgan fingerprint density at radius 2 is 2.21 bits per heavy atom. The number of H-pyrrole nitrogens is 1. The van der Waals surface area contributed by atoms with E-state index in [1.54, 1.807) is 31.5 Å². The van der Waals surface area contributed by atoms with Gasteiger partial charge in [-0.05, 0) is 45.4 Å². The van der Waals surface area contributed by atoms with Crippen molar-refractivity contribution < 1.29 is 9.53 Å². The van der Waals surface area contributed by atoms with Crippen LogP contribution in [0, 0.1) is 18.3 Å². The lowest BCUT2D eigenvalue weighted by atomic mass is 9.98. The third kappa shape index (κ3) is 5.32. The molecule has 0 spiro atoms. The molecule has 0 aliphatic carbocycles. The van der Waals surface area contributed by atoms with Crippen molar-refractivity contribution in [2.45, 2.75) is 45.7 Å². The van der Waals surface area contributed by atoms with Gasteiger partial charge in [0.05, 0.1) is 36.4 Å². The number of ether oxygens (including phenoxy) is 1. The van der Waals surface area contributed by atoms with Crippen LogP contribution in [0.15, 0.2) is 30.6 Å². The number of pyridine rings is 1. The van der Waals surface area contributed by atoms with Crippen molar-refractivity contribution in [2.75, 3.05) is 18.5 Å². The number of aromatic amines is 1. The lowest BCUT2D eigenvalue weighted by Crippen LogP contribution is -2.34. The van der Waals surface area contributed by atoms with E-state index in [0.717, 1.165) is 42.8 Å². The molecule has 0 radical (unpaired) electrons. The van der Waals surface area contributed by atoms with Gasteiger partial charge in [-0.3, -0.25) is 10.00 Å². The number of hydrogen-bond donors (Lipinski definition) is 2. The van der Waals surface area contributed by atoms with Crippen LogP contribution in [-0.2, 0) is 11.3 Å². The number of esters is 1. The number of anilines is 2. The maximum Gasteiger partial charge on any atom is 0.356 e. The Morgan fingerprint density at radius 1 is 1.33 bits per heavy atom. The van der Waals surface area contributed by atoms with E-state index in [1.165, 1.54) is 0 Å². The Bertz CT molecular complexity index is 1150.